The van der Waals surface area contributed by atoms with Crippen LogP contribution in [-0.4, -0.2) is 44.4 Å². The molecule has 0 aromatic rings. The number of carbonyl (C=O) groups is 2. The molecule has 0 aromatic carbocycles. The average Bonchev–Trinajstić information content (AvgIpc) is 2.37. The summed E-state index contributed by atoms with van der Waals surface area (Å²) in [5.41, 5.74) is 0. The van der Waals surface area contributed by atoms with Crippen LogP contribution in [0.2, 0.25) is 0 Å². The van der Waals surface area contributed by atoms with Crippen LogP contribution in [0.15, 0.2) is 12.7 Å². The molecular formula is C12H20N2O4. The van der Waals surface area contributed by atoms with Gasteiger partial charge in [0, 0.05) is 12.6 Å². The van der Waals surface area contributed by atoms with Crippen LogP contribution in [0.25, 0.3) is 0 Å². The maximum atomic E-state index is 11.7. The molecule has 0 radical (unpaired) electrons. The second-order valence-corrected chi connectivity index (χ2v) is 3.99. The molecule has 0 aliphatic carbocycles. The molecule has 1 saturated heterocycles. The van der Waals surface area contributed by atoms with Crippen molar-refractivity contribution < 1.29 is 19.1 Å². The Hall–Kier alpha value is -1.56. The van der Waals surface area contributed by atoms with Gasteiger partial charge < -0.3 is 20.1 Å². The predicted octanol–water partition coefficient (Wildman–Crippen LogP) is 0.440. The van der Waals surface area contributed by atoms with Gasteiger partial charge in [-0.15, -0.1) is 0 Å². The summed E-state index contributed by atoms with van der Waals surface area (Å²) in [6.45, 7) is 6.96. The lowest BCUT2D eigenvalue weighted by atomic mass is 9.93. The molecule has 0 saturated carbocycles. The van der Waals surface area contributed by atoms with Gasteiger partial charge in [-0.2, -0.15) is 0 Å². The number of alkyl carbamates (subject to hydrolysis) is 1. The topological polar surface area (TPSA) is 76.7 Å². The Morgan fingerprint density at radius 2 is 2.28 bits per heavy atom. The van der Waals surface area contributed by atoms with Crippen LogP contribution in [0.1, 0.15) is 13.3 Å². The van der Waals surface area contributed by atoms with E-state index >= 15 is 0 Å². The molecule has 1 aliphatic heterocycles. The number of nitrogens with one attached hydrogen (secondary N) is 2. The van der Waals surface area contributed by atoms with Crippen LogP contribution in [0.3, 0.4) is 0 Å². The Morgan fingerprint density at radius 3 is 2.94 bits per heavy atom. The molecule has 18 heavy (non-hydrogen) atoms. The smallest absolute Gasteiger partial charge is 0.407 e. The van der Waals surface area contributed by atoms with Crippen molar-refractivity contribution in [1.82, 2.24) is 10.6 Å². The van der Waals surface area contributed by atoms with Crippen molar-refractivity contribution in [1.29, 1.82) is 0 Å². The number of amides is 1. The monoisotopic (exact) mass is 256 g/mol. The number of ether oxygens (including phenoxy) is 2. The van der Waals surface area contributed by atoms with Gasteiger partial charge in [-0.3, -0.25) is 4.79 Å². The lowest BCUT2D eigenvalue weighted by Crippen LogP contribution is -2.52. The molecule has 0 spiro atoms. The van der Waals surface area contributed by atoms with Gasteiger partial charge >= 0.3 is 12.1 Å². The van der Waals surface area contributed by atoms with Gasteiger partial charge in [0.25, 0.3) is 0 Å². The molecule has 0 aromatic heterocycles. The Labute approximate surface area is 107 Å². The number of piperidine rings is 1. The first-order valence-corrected chi connectivity index (χ1v) is 6.10. The number of rotatable bonds is 5. The largest absolute Gasteiger partial charge is 0.466 e. The second-order valence-electron chi connectivity index (χ2n) is 3.99. The highest BCUT2D eigenvalue weighted by Crippen LogP contribution is 2.13. The molecular weight excluding hydrogens is 236 g/mol. The predicted molar refractivity (Wildman–Crippen MR) is 66.1 cm³/mol. The molecule has 6 nitrogen and oxygen atoms in total. The van der Waals surface area contributed by atoms with Crippen molar-refractivity contribution in [3.63, 3.8) is 0 Å². The number of hydrogen-bond acceptors (Lipinski definition) is 5. The molecule has 1 heterocycles. The maximum absolute atomic E-state index is 11.7. The van der Waals surface area contributed by atoms with Crippen LogP contribution in [0, 0.1) is 5.92 Å². The zero-order valence-corrected chi connectivity index (χ0v) is 10.6. The highest BCUT2D eigenvalue weighted by Gasteiger charge is 2.33. The molecule has 1 amide bonds. The summed E-state index contributed by atoms with van der Waals surface area (Å²) in [5.74, 6) is -0.659. The van der Waals surface area contributed by atoms with Gasteiger partial charge in [0.15, 0.2) is 0 Å². The van der Waals surface area contributed by atoms with E-state index in [4.69, 9.17) is 9.47 Å². The minimum Gasteiger partial charge on any atom is -0.466 e. The first-order chi connectivity index (χ1) is 8.69. The van der Waals surface area contributed by atoms with Crippen molar-refractivity contribution >= 4 is 12.1 Å². The van der Waals surface area contributed by atoms with Gasteiger partial charge in [0.1, 0.15) is 6.61 Å². The molecule has 0 unspecified atom stereocenters. The maximum Gasteiger partial charge on any atom is 0.407 e. The fourth-order valence-corrected chi connectivity index (χ4v) is 1.86. The van der Waals surface area contributed by atoms with E-state index in [2.05, 4.69) is 17.2 Å². The van der Waals surface area contributed by atoms with Crippen molar-refractivity contribution in [2.45, 2.75) is 19.4 Å². The number of esters is 1. The third-order valence-corrected chi connectivity index (χ3v) is 2.71. The van der Waals surface area contributed by atoms with E-state index in [0.717, 1.165) is 6.54 Å². The average molecular weight is 256 g/mol. The van der Waals surface area contributed by atoms with Crippen LogP contribution < -0.4 is 10.6 Å². The first kappa shape index (κ1) is 14.5. The molecule has 0 bridgehead atoms. The molecule has 1 aliphatic rings. The Morgan fingerprint density at radius 1 is 1.50 bits per heavy atom. The van der Waals surface area contributed by atoms with Crippen LogP contribution in [0.5, 0.6) is 0 Å². The quantitative estimate of drug-likeness (QED) is 0.551. The van der Waals surface area contributed by atoms with Crippen molar-refractivity contribution in [2.24, 2.45) is 5.92 Å². The van der Waals surface area contributed by atoms with E-state index < -0.39 is 6.09 Å². The highest BCUT2D eigenvalue weighted by atomic mass is 16.5. The van der Waals surface area contributed by atoms with Gasteiger partial charge in [-0.1, -0.05) is 12.7 Å². The van der Waals surface area contributed by atoms with Gasteiger partial charge in [0.2, 0.25) is 0 Å². The zero-order valence-electron chi connectivity index (χ0n) is 10.6. The summed E-state index contributed by atoms with van der Waals surface area (Å²) in [6.07, 6.45) is 1.63. The molecule has 2 N–H and O–H groups in total. The van der Waals surface area contributed by atoms with Gasteiger partial charge in [-0.05, 0) is 19.9 Å². The van der Waals surface area contributed by atoms with E-state index in [1.807, 2.05) is 0 Å². The highest BCUT2D eigenvalue weighted by molar-refractivity contribution is 5.75. The summed E-state index contributed by atoms with van der Waals surface area (Å²) < 4.78 is 9.83. The molecule has 6 heteroatoms. The summed E-state index contributed by atoms with van der Waals surface area (Å²) in [7, 11) is 0. The fraction of sp³-hybridized carbons (Fsp3) is 0.667. The van der Waals surface area contributed by atoms with E-state index in [1.54, 1.807) is 6.92 Å². The lowest BCUT2D eigenvalue weighted by molar-refractivity contribution is -0.149. The summed E-state index contributed by atoms with van der Waals surface area (Å²) in [5, 5.41) is 5.80. The standard InChI is InChI=1S/C12H20N2O4/c1-3-7-18-12(16)14-10-5-6-13-8-9(10)11(15)17-4-2/h3,9-10,13H,1,4-8H2,2H3,(H,14,16)/t9-,10+/m0/s1. The van der Waals surface area contributed by atoms with Crippen LogP contribution in [0.4, 0.5) is 4.79 Å². The molecule has 1 fully saturated rings. The normalized spacial score (nSPS) is 22.9. The molecule has 2 atom stereocenters. The number of hydrogen-bond donors (Lipinski definition) is 2. The van der Waals surface area contributed by atoms with Crippen LogP contribution in [-0.2, 0) is 14.3 Å². The Balaban J connectivity index is 2.51. The Kier molecular flexibility index (Phi) is 6.21. The van der Waals surface area contributed by atoms with E-state index in [0.29, 0.717) is 19.6 Å². The zero-order chi connectivity index (χ0) is 13.4. The molecule has 102 valence electrons. The summed E-state index contributed by atoms with van der Waals surface area (Å²) in [6, 6.07) is -0.248. The van der Waals surface area contributed by atoms with Gasteiger partial charge in [0.05, 0.1) is 12.5 Å². The Bertz CT molecular complexity index is 306. The summed E-state index contributed by atoms with van der Waals surface area (Å²) >= 11 is 0. The van der Waals surface area contributed by atoms with E-state index in [9.17, 15) is 9.59 Å². The van der Waals surface area contributed by atoms with Crippen molar-refractivity contribution in [2.75, 3.05) is 26.3 Å². The van der Waals surface area contributed by atoms with E-state index in [-0.39, 0.29) is 24.5 Å². The van der Waals surface area contributed by atoms with Crippen molar-refractivity contribution in [3.05, 3.63) is 12.7 Å². The summed E-state index contributed by atoms with van der Waals surface area (Å²) in [4.78, 5) is 23.2. The van der Waals surface area contributed by atoms with Crippen molar-refractivity contribution in [3.8, 4) is 0 Å². The van der Waals surface area contributed by atoms with Crippen LogP contribution >= 0.6 is 0 Å². The third-order valence-electron chi connectivity index (χ3n) is 2.71. The third kappa shape index (κ3) is 4.37. The lowest BCUT2D eigenvalue weighted by Gasteiger charge is -2.30. The van der Waals surface area contributed by atoms with E-state index in [1.165, 1.54) is 6.08 Å². The van der Waals surface area contributed by atoms with Gasteiger partial charge in [-0.25, -0.2) is 4.79 Å². The minimum atomic E-state index is -0.531. The minimum absolute atomic E-state index is 0.154. The second kappa shape index (κ2) is 7.71. The SMILES string of the molecule is C=CCOC(=O)N[C@@H]1CCNC[C@@H]1C(=O)OCC. The number of carbonyl (C=O) groups excluding carboxylic acids is 2. The first-order valence-electron chi connectivity index (χ1n) is 6.10. The molecule has 1 rings (SSSR count). The fourth-order valence-electron chi connectivity index (χ4n) is 1.86.